The van der Waals surface area contributed by atoms with Gasteiger partial charge in [-0.15, -0.1) is 0 Å². The predicted octanol–water partition coefficient (Wildman–Crippen LogP) is 3.51. The molecule has 20 heavy (non-hydrogen) atoms. The Kier molecular flexibility index (Phi) is 3.36. The van der Waals surface area contributed by atoms with Crippen molar-refractivity contribution in [2.24, 2.45) is 0 Å². The molecule has 1 heterocycles. The summed E-state index contributed by atoms with van der Waals surface area (Å²) in [6.45, 7) is 5.10. The lowest BCUT2D eigenvalue weighted by Gasteiger charge is -2.35. The zero-order valence-electron chi connectivity index (χ0n) is 11.7. The number of carbonyl (C=O) groups excluding carboxylic acids is 1. The van der Waals surface area contributed by atoms with E-state index < -0.39 is 24.0 Å². The molecule has 1 aromatic carbocycles. The topological polar surface area (TPSA) is 55.6 Å². The highest BCUT2D eigenvalue weighted by Crippen LogP contribution is 2.43. The van der Waals surface area contributed by atoms with Gasteiger partial charge < -0.3 is 10.5 Å². The molecule has 0 aliphatic carbocycles. The fourth-order valence-electron chi connectivity index (χ4n) is 2.10. The quantitative estimate of drug-likeness (QED) is 0.742. The standard InChI is InChI=1S/C14H18F2N2O2/c1-13(2,3)20-12(19)18-7-6-14(15,16)10-8-9(17)4-5-11(10)18/h4-5,8H,6-7,17H2,1-3H3. The predicted molar refractivity (Wildman–Crippen MR) is 72.9 cm³/mol. The molecule has 4 nitrogen and oxygen atoms in total. The molecule has 0 bridgehead atoms. The first-order valence-electron chi connectivity index (χ1n) is 6.38. The number of fused-ring (bicyclic) bond motifs is 1. The average molecular weight is 284 g/mol. The van der Waals surface area contributed by atoms with Crippen molar-refractivity contribution in [3.63, 3.8) is 0 Å². The smallest absolute Gasteiger partial charge is 0.414 e. The van der Waals surface area contributed by atoms with Crippen LogP contribution in [-0.2, 0) is 10.7 Å². The molecule has 110 valence electrons. The van der Waals surface area contributed by atoms with Crippen LogP contribution in [0.4, 0.5) is 25.0 Å². The van der Waals surface area contributed by atoms with Crippen LogP contribution in [-0.4, -0.2) is 18.2 Å². The fraction of sp³-hybridized carbons (Fsp3) is 0.500. The minimum atomic E-state index is -2.98. The van der Waals surface area contributed by atoms with E-state index in [2.05, 4.69) is 0 Å². The van der Waals surface area contributed by atoms with Crippen LogP contribution < -0.4 is 10.6 Å². The number of nitrogen functional groups attached to an aromatic ring is 1. The average Bonchev–Trinajstić information content (AvgIpc) is 2.27. The number of ether oxygens (including phenoxy) is 1. The van der Waals surface area contributed by atoms with Crippen LogP contribution in [0, 0.1) is 0 Å². The number of hydrogen-bond acceptors (Lipinski definition) is 3. The van der Waals surface area contributed by atoms with E-state index >= 15 is 0 Å². The Bertz CT molecular complexity index is 538. The molecule has 1 amide bonds. The molecule has 0 saturated carbocycles. The van der Waals surface area contributed by atoms with Crippen molar-refractivity contribution in [1.82, 2.24) is 0 Å². The molecule has 2 rings (SSSR count). The normalized spacial score (nSPS) is 17.6. The first-order chi connectivity index (χ1) is 9.10. The maximum absolute atomic E-state index is 13.9. The Balaban J connectivity index is 2.38. The molecule has 0 unspecified atom stereocenters. The number of carbonyl (C=O) groups is 1. The molecule has 1 aliphatic heterocycles. The first kappa shape index (κ1) is 14.6. The van der Waals surface area contributed by atoms with Gasteiger partial charge in [0.2, 0.25) is 0 Å². The van der Waals surface area contributed by atoms with Crippen LogP contribution in [0.2, 0.25) is 0 Å². The third-order valence-corrected chi connectivity index (χ3v) is 2.97. The van der Waals surface area contributed by atoms with E-state index in [0.29, 0.717) is 0 Å². The van der Waals surface area contributed by atoms with Gasteiger partial charge in [0.25, 0.3) is 5.92 Å². The van der Waals surface area contributed by atoms with Crippen LogP contribution >= 0.6 is 0 Å². The Morgan fingerprint density at radius 2 is 2.05 bits per heavy atom. The van der Waals surface area contributed by atoms with Crippen LogP contribution in [0.1, 0.15) is 32.8 Å². The zero-order valence-corrected chi connectivity index (χ0v) is 11.7. The van der Waals surface area contributed by atoms with Crippen molar-refractivity contribution in [2.45, 2.75) is 38.7 Å². The third-order valence-electron chi connectivity index (χ3n) is 2.97. The SMILES string of the molecule is CC(C)(C)OC(=O)N1CCC(F)(F)c2cc(N)ccc21. The van der Waals surface area contributed by atoms with Crippen molar-refractivity contribution >= 4 is 17.5 Å². The van der Waals surface area contributed by atoms with Crippen molar-refractivity contribution in [2.75, 3.05) is 17.2 Å². The summed E-state index contributed by atoms with van der Waals surface area (Å²) < 4.78 is 33.1. The maximum Gasteiger partial charge on any atom is 0.414 e. The van der Waals surface area contributed by atoms with Gasteiger partial charge >= 0.3 is 6.09 Å². The summed E-state index contributed by atoms with van der Waals surface area (Å²) >= 11 is 0. The van der Waals surface area contributed by atoms with Gasteiger partial charge in [0.05, 0.1) is 5.69 Å². The van der Waals surface area contributed by atoms with E-state index in [-0.39, 0.29) is 23.5 Å². The number of rotatable bonds is 0. The summed E-state index contributed by atoms with van der Waals surface area (Å²) in [6, 6.07) is 4.14. The molecule has 0 atom stereocenters. The van der Waals surface area contributed by atoms with E-state index in [0.717, 1.165) is 0 Å². The molecule has 2 N–H and O–H groups in total. The summed E-state index contributed by atoms with van der Waals surface area (Å²) in [7, 11) is 0. The zero-order chi connectivity index (χ0) is 15.1. The number of benzene rings is 1. The van der Waals surface area contributed by atoms with Gasteiger partial charge in [0, 0.05) is 24.2 Å². The summed E-state index contributed by atoms with van der Waals surface area (Å²) in [5.41, 5.74) is 5.06. The number of hydrogen-bond donors (Lipinski definition) is 1. The van der Waals surface area contributed by atoms with Crippen molar-refractivity contribution in [3.8, 4) is 0 Å². The highest BCUT2D eigenvalue weighted by Gasteiger charge is 2.42. The Labute approximate surface area is 116 Å². The van der Waals surface area contributed by atoms with Gasteiger partial charge in [-0.25, -0.2) is 13.6 Å². The minimum absolute atomic E-state index is 0.0845. The van der Waals surface area contributed by atoms with Gasteiger partial charge in [-0.3, -0.25) is 4.90 Å². The first-order valence-corrected chi connectivity index (χ1v) is 6.38. The molecule has 0 fully saturated rings. The molecule has 0 saturated heterocycles. The molecule has 0 radical (unpaired) electrons. The molecule has 0 spiro atoms. The number of nitrogens with zero attached hydrogens (tertiary/aromatic N) is 1. The van der Waals surface area contributed by atoms with Crippen molar-refractivity contribution < 1.29 is 18.3 Å². The van der Waals surface area contributed by atoms with E-state index in [1.54, 1.807) is 20.8 Å². The van der Waals surface area contributed by atoms with Crippen LogP contribution in [0.15, 0.2) is 18.2 Å². The second-order valence-corrected chi connectivity index (χ2v) is 5.86. The lowest BCUT2D eigenvalue weighted by molar-refractivity contribution is -0.0160. The Morgan fingerprint density at radius 1 is 1.40 bits per heavy atom. The van der Waals surface area contributed by atoms with Crippen LogP contribution in [0.25, 0.3) is 0 Å². The summed E-state index contributed by atoms with van der Waals surface area (Å²) in [4.78, 5) is 13.3. The molecular weight excluding hydrogens is 266 g/mol. The largest absolute Gasteiger partial charge is 0.443 e. The summed E-state index contributed by atoms with van der Waals surface area (Å²) in [5.74, 6) is -2.98. The lowest BCUT2D eigenvalue weighted by atomic mass is 9.97. The molecule has 1 aromatic rings. The number of amides is 1. The monoisotopic (exact) mass is 284 g/mol. The third kappa shape index (κ3) is 2.84. The number of nitrogens with two attached hydrogens (primary N) is 1. The van der Waals surface area contributed by atoms with E-state index in [1.807, 2.05) is 0 Å². The maximum atomic E-state index is 13.9. The summed E-state index contributed by atoms with van der Waals surface area (Å²) in [5, 5.41) is 0. The van der Waals surface area contributed by atoms with Crippen molar-refractivity contribution in [3.05, 3.63) is 23.8 Å². The number of anilines is 2. The molecule has 0 aromatic heterocycles. The Hall–Kier alpha value is -1.85. The highest BCUT2D eigenvalue weighted by atomic mass is 19.3. The number of halogens is 2. The van der Waals surface area contributed by atoms with E-state index in [1.165, 1.54) is 23.1 Å². The molecule has 6 heteroatoms. The molecular formula is C14H18F2N2O2. The lowest BCUT2D eigenvalue weighted by Crippen LogP contribution is -2.43. The van der Waals surface area contributed by atoms with E-state index in [4.69, 9.17) is 10.5 Å². The minimum Gasteiger partial charge on any atom is -0.443 e. The van der Waals surface area contributed by atoms with E-state index in [9.17, 15) is 13.6 Å². The van der Waals surface area contributed by atoms with Crippen LogP contribution in [0.5, 0.6) is 0 Å². The Morgan fingerprint density at radius 3 is 2.65 bits per heavy atom. The van der Waals surface area contributed by atoms with Gasteiger partial charge in [-0.05, 0) is 39.0 Å². The fourth-order valence-corrected chi connectivity index (χ4v) is 2.10. The highest BCUT2D eigenvalue weighted by molar-refractivity contribution is 5.90. The van der Waals surface area contributed by atoms with Gasteiger partial charge in [-0.1, -0.05) is 0 Å². The van der Waals surface area contributed by atoms with Gasteiger partial charge in [0.15, 0.2) is 0 Å². The number of alkyl halides is 2. The molecule has 1 aliphatic rings. The second-order valence-electron chi connectivity index (χ2n) is 5.86. The summed E-state index contributed by atoms with van der Waals surface area (Å²) in [6.07, 6.45) is -1.07. The second kappa shape index (κ2) is 4.61. The van der Waals surface area contributed by atoms with Crippen LogP contribution in [0.3, 0.4) is 0 Å². The van der Waals surface area contributed by atoms with Gasteiger partial charge in [0.1, 0.15) is 5.60 Å². The van der Waals surface area contributed by atoms with Gasteiger partial charge in [-0.2, -0.15) is 0 Å². The van der Waals surface area contributed by atoms with Crippen molar-refractivity contribution in [1.29, 1.82) is 0 Å².